The number of hydrogen-bond acceptors (Lipinski definition) is 6. The van der Waals surface area contributed by atoms with Gasteiger partial charge < -0.3 is 14.9 Å². The number of esters is 1. The monoisotopic (exact) mass is 326 g/mol. The summed E-state index contributed by atoms with van der Waals surface area (Å²) in [6, 6.07) is 1.04. The Morgan fingerprint density at radius 3 is 2.65 bits per heavy atom. The van der Waals surface area contributed by atoms with Gasteiger partial charge in [-0.05, 0) is 20.3 Å². The molecule has 1 aromatic rings. The van der Waals surface area contributed by atoms with E-state index in [-0.39, 0.29) is 41.4 Å². The number of ether oxygens (including phenoxy) is 1. The summed E-state index contributed by atoms with van der Waals surface area (Å²) < 4.78 is 35.7. The molecule has 1 rings (SSSR count). The molecule has 0 radical (unpaired) electrons. The summed E-state index contributed by atoms with van der Waals surface area (Å²) in [5.41, 5.74) is 5.62. The van der Waals surface area contributed by atoms with E-state index in [0.717, 1.165) is 6.07 Å². The lowest BCUT2D eigenvalue weighted by molar-refractivity contribution is 0.0599. The number of nitrogens with one attached hydrogen (secondary N) is 1. The molecule has 116 valence electrons. The van der Waals surface area contributed by atoms with Crippen LogP contribution in [0.1, 0.15) is 29.5 Å². The van der Waals surface area contributed by atoms with Crippen LogP contribution in [0.2, 0.25) is 0 Å². The topological polar surface area (TPSA) is 112 Å². The molecule has 1 atom stereocenters. The standard InChI is InChI=1S/C11H18N2O5S.ClH/c1-7(12)4-5-13-19(15,16)10-6-9(8(2)18-10)11(14)17-3;/h6-7,13H,4-5,12H2,1-3H3;1H. The fraction of sp³-hybridized carbons (Fsp3) is 0.545. The van der Waals surface area contributed by atoms with Crippen LogP contribution < -0.4 is 10.5 Å². The van der Waals surface area contributed by atoms with E-state index < -0.39 is 16.0 Å². The molecule has 1 unspecified atom stereocenters. The van der Waals surface area contributed by atoms with Crippen LogP contribution in [0.5, 0.6) is 0 Å². The molecule has 1 aromatic heterocycles. The van der Waals surface area contributed by atoms with Crippen molar-refractivity contribution in [1.82, 2.24) is 4.72 Å². The molecule has 0 amide bonds. The second-order valence-electron chi connectivity index (χ2n) is 4.19. The SMILES string of the molecule is COC(=O)c1cc(S(=O)(=O)NCCC(C)N)oc1C.Cl. The summed E-state index contributed by atoms with van der Waals surface area (Å²) in [6.07, 6.45) is 0.503. The summed E-state index contributed by atoms with van der Waals surface area (Å²) in [5.74, 6) is -0.447. The lowest BCUT2D eigenvalue weighted by atomic mass is 10.3. The first-order valence-electron chi connectivity index (χ1n) is 5.72. The van der Waals surface area contributed by atoms with Gasteiger partial charge in [0.25, 0.3) is 10.0 Å². The van der Waals surface area contributed by atoms with E-state index >= 15 is 0 Å². The van der Waals surface area contributed by atoms with Crippen LogP contribution in [0.3, 0.4) is 0 Å². The number of halogens is 1. The Morgan fingerprint density at radius 2 is 2.15 bits per heavy atom. The minimum absolute atomic E-state index is 0. The number of nitrogens with two attached hydrogens (primary N) is 1. The highest BCUT2D eigenvalue weighted by Gasteiger charge is 2.23. The molecule has 3 N–H and O–H groups in total. The summed E-state index contributed by atoms with van der Waals surface area (Å²) in [5, 5.41) is -0.310. The molecule has 0 aliphatic rings. The van der Waals surface area contributed by atoms with Gasteiger partial charge in [0.05, 0.1) is 7.11 Å². The Bertz CT molecular complexity index is 553. The van der Waals surface area contributed by atoms with E-state index in [4.69, 9.17) is 10.2 Å². The van der Waals surface area contributed by atoms with Gasteiger partial charge in [-0.25, -0.2) is 17.9 Å². The Morgan fingerprint density at radius 1 is 1.55 bits per heavy atom. The number of carbonyl (C=O) groups is 1. The fourth-order valence-electron chi connectivity index (χ4n) is 1.39. The molecule has 0 spiro atoms. The maximum atomic E-state index is 11.9. The summed E-state index contributed by atoms with van der Waals surface area (Å²) in [4.78, 5) is 11.4. The summed E-state index contributed by atoms with van der Waals surface area (Å²) >= 11 is 0. The van der Waals surface area contributed by atoms with Crippen molar-refractivity contribution in [2.45, 2.75) is 31.4 Å². The zero-order valence-corrected chi connectivity index (χ0v) is 13.1. The largest absolute Gasteiger partial charge is 0.465 e. The van der Waals surface area contributed by atoms with E-state index in [1.54, 1.807) is 6.92 Å². The zero-order chi connectivity index (χ0) is 14.6. The number of furan rings is 1. The van der Waals surface area contributed by atoms with Crippen LogP contribution in [0, 0.1) is 6.92 Å². The van der Waals surface area contributed by atoms with Gasteiger partial charge in [-0.3, -0.25) is 0 Å². The number of carbonyl (C=O) groups excluding carboxylic acids is 1. The van der Waals surface area contributed by atoms with Crippen LogP contribution in [0.4, 0.5) is 0 Å². The van der Waals surface area contributed by atoms with Crippen molar-refractivity contribution in [2.24, 2.45) is 5.73 Å². The highest BCUT2D eigenvalue weighted by molar-refractivity contribution is 7.89. The Balaban J connectivity index is 0.00000361. The van der Waals surface area contributed by atoms with Crippen LogP contribution in [-0.2, 0) is 14.8 Å². The second-order valence-corrected chi connectivity index (χ2v) is 5.89. The maximum absolute atomic E-state index is 11.9. The first-order chi connectivity index (χ1) is 8.77. The maximum Gasteiger partial charge on any atom is 0.341 e. The van der Waals surface area contributed by atoms with Crippen LogP contribution in [0.15, 0.2) is 15.6 Å². The van der Waals surface area contributed by atoms with E-state index in [1.807, 2.05) is 0 Å². The lowest BCUT2D eigenvalue weighted by Crippen LogP contribution is -2.28. The summed E-state index contributed by atoms with van der Waals surface area (Å²) in [7, 11) is -2.57. The third kappa shape index (κ3) is 4.78. The van der Waals surface area contributed by atoms with Crippen LogP contribution in [0.25, 0.3) is 0 Å². The van der Waals surface area contributed by atoms with Crippen molar-refractivity contribution in [3.05, 3.63) is 17.4 Å². The molecule has 20 heavy (non-hydrogen) atoms. The van der Waals surface area contributed by atoms with Crippen molar-refractivity contribution in [3.63, 3.8) is 0 Å². The van der Waals surface area contributed by atoms with E-state index in [9.17, 15) is 13.2 Å². The van der Waals surface area contributed by atoms with Crippen molar-refractivity contribution < 1.29 is 22.4 Å². The van der Waals surface area contributed by atoms with Gasteiger partial charge in [0.1, 0.15) is 11.3 Å². The summed E-state index contributed by atoms with van der Waals surface area (Å²) in [6.45, 7) is 3.47. The van der Waals surface area contributed by atoms with Gasteiger partial charge >= 0.3 is 5.97 Å². The van der Waals surface area contributed by atoms with E-state index in [0.29, 0.717) is 6.42 Å². The highest BCUT2D eigenvalue weighted by Crippen LogP contribution is 2.19. The fourth-order valence-corrected chi connectivity index (χ4v) is 2.43. The highest BCUT2D eigenvalue weighted by atomic mass is 35.5. The third-order valence-electron chi connectivity index (χ3n) is 2.46. The molecule has 0 aliphatic carbocycles. The number of hydrogen-bond donors (Lipinski definition) is 2. The molecule has 0 saturated heterocycles. The van der Waals surface area contributed by atoms with Crippen molar-refractivity contribution in [2.75, 3.05) is 13.7 Å². The number of aryl methyl sites for hydroxylation is 1. The molecule has 0 saturated carbocycles. The van der Waals surface area contributed by atoms with Crippen molar-refractivity contribution >= 4 is 28.4 Å². The van der Waals surface area contributed by atoms with Crippen molar-refractivity contribution in [1.29, 1.82) is 0 Å². The quantitative estimate of drug-likeness (QED) is 0.748. The zero-order valence-electron chi connectivity index (χ0n) is 11.5. The van der Waals surface area contributed by atoms with Gasteiger partial charge in [-0.2, -0.15) is 0 Å². The Kier molecular flexibility index (Phi) is 7.21. The smallest absolute Gasteiger partial charge is 0.341 e. The molecule has 0 fully saturated rings. The number of sulfonamides is 1. The molecule has 7 nitrogen and oxygen atoms in total. The average molecular weight is 327 g/mol. The van der Waals surface area contributed by atoms with Gasteiger partial charge in [-0.15, -0.1) is 12.4 Å². The molecular formula is C11H19ClN2O5S. The van der Waals surface area contributed by atoms with Crippen LogP contribution in [-0.4, -0.2) is 34.1 Å². The first kappa shape index (κ1) is 18.9. The normalized spacial score (nSPS) is 12.6. The number of rotatable bonds is 6. The molecular weight excluding hydrogens is 308 g/mol. The Labute approximate surface area is 124 Å². The number of methoxy groups -OCH3 is 1. The molecule has 1 heterocycles. The van der Waals surface area contributed by atoms with Crippen LogP contribution >= 0.6 is 12.4 Å². The molecule has 0 bridgehead atoms. The Hall–Kier alpha value is -1.09. The predicted octanol–water partition coefficient (Wildman–Crippen LogP) is 0.812. The lowest BCUT2D eigenvalue weighted by Gasteiger charge is -2.06. The molecule has 0 aromatic carbocycles. The van der Waals surface area contributed by atoms with Crippen molar-refractivity contribution in [3.8, 4) is 0 Å². The molecule has 9 heteroatoms. The minimum atomic E-state index is -3.78. The first-order valence-corrected chi connectivity index (χ1v) is 7.20. The van der Waals surface area contributed by atoms with Gasteiger partial charge in [0.15, 0.2) is 0 Å². The second kappa shape index (κ2) is 7.63. The third-order valence-corrected chi connectivity index (χ3v) is 3.77. The average Bonchev–Trinajstić information content (AvgIpc) is 2.70. The van der Waals surface area contributed by atoms with E-state index in [1.165, 1.54) is 14.0 Å². The van der Waals surface area contributed by atoms with Gasteiger partial charge in [0, 0.05) is 18.7 Å². The van der Waals surface area contributed by atoms with Gasteiger partial charge in [0.2, 0.25) is 5.09 Å². The molecule has 0 aliphatic heterocycles. The predicted molar refractivity (Wildman–Crippen MR) is 75.5 cm³/mol. The minimum Gasteiger partial charge on any atom is -0.465 e. The van der Waals surface area contributed by atoms with Gasteiger partial charge in [-0.1, -0.05) is 0 Å². The van der Waals surface area contributed by atoms with E-state index in [2.05, 4.69) is 9.46 Å².